The summed E-state index contributed by atoms with van der Waals surface area (Å²) in [7, 11) is -3.22. The van der Waals surface area contributed by atoms with Crippen LogP contribution in [-0.4, -0.2) is 116 Å². The summed E-state index contributed by atoms with van der Waals surface area (Å²) in [5, 5.41) is 33.1. The first kappa shape index (κ1) is 76.6. The minimum atomic E-state index is -3.22. The van der Waals surface area contributed by atoms with Crippen molar-refractivity contribution in [3.05, 3.63) is 46.9 Å². The van der Waals surface area contributed by atoms with Crippen LogP contribution < -0.4 is 18.9 Å². The number of hydrogen-bond donors (Lipinski definition) is 0. The fraction of sp³-hybridized carbons (Fsp3) is 0.735. The molecule has 0 N–H and O–H groups in total. The van der Waals surface area contributed by atoms with Gasteiger partial charge in [0.05, 0.1) is 48.9 Å². The van der Waals surface area contributed by atoms with E-state index in [1.54, 1.807) is 18.6 Å². The zero-order valence-electron chi connectivity index (χ0n) is 46.0. The van der Waals surface area contributed by atoms with Gasteiger partial charge in [-0.05, 0) is 192 Å². The molecule has 6 heterocycles. The maximum absolute atomic E-state index is 10.7. The summed E-state index contributed by atoms with van der Waals surface area (Å²) >= 11 is 32.0. The van der Waals surface area contributed by atoms with Crippen LogP contribution in [-0.2, 0) is 14.3 Å². The molecule has 5 fully saturated rings. The van der Waals surface area contributed by atoms with Gasteiger partial charge in [-0.25, -0.2) is 9.36 Å². The molecule has 4 aromatic heterocycles. The van der Waals surface area contributed by atoms with Gasteiger partial charge < -0.3 is 6.92 Å². The first-order valence-corrected chi connectivity index (χ1v) is 38.8. The van der Waals surface area contributed by atoms with Crippen LogP contribution in [0, 0.1) is 6.92 Å². The number of hydrogen-bond acceptors (Lipinski definition) is 15. The van der Waals surface area contributed by atoms with E-state index in [2.05, 4.69) is 231 Å². The van der Waals surface area contributed by atoms with E-state index in [0.29, 0.717) is 37.5 Å². The SMILES string of the molecule is BrBr.BrC1=NCN=C1Br.Brc1cn(C2CCCCC2)nn1.Brc1cnn(C2CCCCC2)n1.Brc1nn(C2CCCCC2)nc1Br.Brc1nnn(C2CCCCC2)c1Br.C1=NCN=C1.CS(=O)(=O)OC1CCCCC1.[CH2-]CCC.[Li+]. The maximum Gasteiger partial charge on any atom is 1.00 e. The molecular formula is C49H75Br10LiN16O3S. The molecule has 0 unspecified atom stereocenters. The topological polar surface area (TPSA) is 216 Å². The Bertz CT molecular complexity index is 2380. The van der Waals surface area contributed by atoms with Crippen molar-refractivity contribution in [2.75, 3.05) is 19.6 Å². The second-order valence-electron chi connectivity index (χ2n) is 19.2. The maximum atomic E-state index is 10.7. The molecule has 0 spiro atoms. The number of aliphatic imine (C=N–C) groups is 4. The molecule has 31 heteroatoms. The van der Waals surface area contributed by atoms with E-state index in [-0.39, 0.29) is 25.0 Å². The first-order chi connectivity index (χ1) is 38.1. The Hall–Kier alpha value is 0.547. The van der Waals surface area contributed by atoms with Crippen LogP contribution in [0.4, 0.5) is 0 Å². The van der Waals surface area contributed by atoms with Gasteiger partial charge in [0.15, 0.2) is 13.8 Å². The zero-order chi connectivity index (χ0) is 57.8. The number of aromatic nitrogens is 12. The average molecular weight is 1770 g/mol. The van der Waals surface area contributed by atoms with Crippen LogP contribution in [0.3, 0.4) is 0 Å². The van der Waals surface area contributed by atoms with Crippen LogP contribution in [0.15, 0.2) is 60.0 Å². The van der Waals surface area contributed by atoms with Crippen LogP contribution in [0.1, 0.15) is 204 Å². The summed E-state index contributed by atoms with van der Waals surface area (Å²) in [6, 6.07) is 2.20. The minimum absolute atomic E-state index is 0. The summed E-state index contributed by atoms with van der Waals surface area (Å²) in [5.41, 5.74) is 0. The third-order valence-electron chi connectivity index (χ3n) is 13.0. The van der Waals surface area contributed by atoms with Crippen molar-refractivity contribution in [3.63, 3.8) is 0 Å². The molecule has 4 aromatic rings. The van der Waals surface area contributed by atoms with Gasteiger partial charge in [0.25, 0.3) is 10.1 Å². The Kier molecular flexibility index (Phi) is 43.9. The normalized spacial score (nSPS) is 18.4. The van der Waals surface area contributed by atoms with E-state index >= 15 is 0 Å². The average Bonchev–Trinajstić information content (AvgIpc) is 4.38. The van der Waals surface area contributed by atoms with Crippen molar-refractivity contribution >= 4 is 187 Å². The molecule has 0 atom stereocenters. The van der Waals surface area contributed by atoms with Crippen molar-refractivity contribution in [1.82, 2.24) is 60.0 Å². The molecular weight excluding hydrogens is 1700 g/mol. The molecule has 446 valence electrons. The third-order valence-corrected chi connectivity index (χ3v) is 19.6. The molecule has 7 aliphatic rings. The minimum Gasteiger partial charge on any atom is -0.343 e. The molecule has 2 aliphatic heterocycles. The van der Waals surface area contributed by atoms with E-state index in [0.717, 1.165) is 75.2 Å². The molecule has 19 nitrogen and oxygen atoms in total. The van der Waals surface area contributed by atoms with Gasteiger partial charge >= 0.3 is 18.9 Å². The smallest absolute Gasteiger partial charge is 0.343 e. The molecule has 0 amide bonds. The summed E-state index contributed by atoms with van der Waals surface area (Å²) in [4.78, 5) is 19.0. The van der Waals surface area contributed by atoms with Gasteiger partial charge in [0.1, 0.15) is 36.4 Å². The molecule has 0 radical (unpaired) electrons. The van der Waals surface area contributed by atoms with Gasteiger partial charge in [-0.15, -0.1) is 25.5 Å². The summed E-state index contributed by atoms with van der Waals surface area (Å²) in [6.45, 7) is 6.92. The largest absolute Gasteiger partial charge is 1.00 e. The molecule has 80 heavy (non-hydrogen) atoms. The van der Waals surface area contributed by atoms with Crippen molar-refractivity contribution in [2.45, 2.75) is 211 Å². The summed E-state index contributed by atoms with van der Waals surface area (Å²) in [5.74, 6) is 0. The standard InChI is InChI=1S/2C8H11Br2N3.2C8H12BrN3.C7H14O3S.C4H9.C3H2Br2N2.C3H4N2.Br2.Li/c9-7-8(10)13(12-11-7)6-4-2-1-3-5-6;9-7-8(10)12-13(11-7)6-4-2-1-3-5-6;9-8-6-12(11-10-8)7-4-2-1-3-5-7;9-8-6-10-12(11-8)7-4-2-1-3-5-7;1-11(8,9)10-7-5-3-2-4-6-7;1-3-4-2;4-2-3(5)7-1-6-2;1-2-5-3-4-1;1-2;/h2*6H,1-5H2;2*6-7H,1-5H2;7H,2-6H2,1H3;1,3-4H2,2H3;1H2;1-2H,3H2;;/q;;;;;-1;;;;+1. The number of halogens is 10. The van der Waals surface area contributed by atoms with Crippen molar-refractivity contribution in [3.8, 4) is 0 Å². The Morgan fingerprint density at radius 2 is 1.00 bits per heavy atom. The molecule has 0 bridgehead atoms. The Balaban J connectivity index is 0.000000317. The first-order valence-electron chi connectivity index (χ1n) is 27.0. The zero-order valence-corrected chi connectivity index (χ0v) is 62.7. The Morgan fingerprint density at radius 1 is 0.562 bits per heavy atom. The van der Waals surface area contributed by atoms with Gasteiger partial charge in [-0.2, -0.15) is 29.5 Å². The van der Waals surface area contributed by atoms with E-state index in [9.17, 15) is 8.42 Å². The van der Waals surface area contributed by atoms with Crippen LogP contribution in [0.25, 0.3) is 0 Å². The van der Waals surface area contributed by atoms with Crippen molar-refractivity contribution < 1.29 is 31.5 Å². The van der Waals surface area contributed by atoms with E-state index < -0.39 is 10.1 Å². The van der Waals surface area contributed by atoms with Crippen LogP contribution in [0.5, 0.6) is 0 Å². The van der Waals surface area contributed by atoms with Gasteiger partial charge in [-0.1, -0.05) is 120 Å². The quantitative estimate of drug-likeness (QED) is 0.0963. The second-order valence-corrected chi connectivity index (χ2v) is 26.9. The van der Waals surface area contributed by atoms with E-state index in [4.69, 9.17) is 4.18 Å². The summed E-state index contributed by atoms with van der Waals surface area (Å²) in [6.07, 6.45) is 41.6. The van der Waals surface area contributed by atoms with Crippen LogP contribution >= 0.6 is 156 Å². The number of unbranched alkanes of at least 4 members (excludes halogenated alkanes) is 1. The third kappa shape index (κ3) is 32.5. The van der Waals surface area contributed by atoms with E-state index in [1.165, 1.54) is 141 Å². The molecule has 0 aromatic carbocycles. The van der Waals surface area contributed by atoms with Crippen LogP contribution in [0.2, 0.25) is 0 Å². The van der Waals surface area contributed by atoms with E-state index in [1.807, 2.05) is 25.2 Å². The predicted octanol–water partition coefficient (Wildman–Crippen LogP) is 15.0. The predicted molar refractivity (Wildman–Crippen MR) is 355 cm³/mol. The van der Waals surface area contributed by atoms with Gasteiger partial charge in [0, 0.05) is 40.7 Å². The molecule has 5 saturated carbocycles. The summed E-state index contributed by atoms with van der Waals surface area (Å²) < 4.78 is 36.9. The number of rotatable bonds is 7. The van der Waals surface area contributed by atoms with Crippen molar-refractivity contribution in [2.24, 2.45) is 20.0 Å². The Labute approximate surface area is 569 Å². The molecule has 11 rings (SSSR count). The number of nitrogens with zero attached hydrogens (tertiary/aromatic N) is 16. The monoisotopic (exact) mass is 1760 g/mol. The van der Waals surface area contributed by atoms with Gasteiger partial charge in [-0.3, -0.25) is 24.2 Å². The fourth-order valence-corrected chi connectivity index (χ4v) is 11.9. The second kappa shape index (κ2) is 45.8. The fourth-order valence-electron chi connectivity index (χ4n) is 9.04. The van der Waals surface area contributed by atoms with Gasteiger partial charge in [0.2, 0.25) is 0 Å². The Morgan fingerprint density at radius 3 is 1.34 bits per heavy atom. The molecule has 5 aliphatic carbocycles. The molecule has 0 saturated heterocycles. The van der Waals surface area contributed by atoms with Crippen molar-refractivity contribution in [1.29, 1.82) is 0 Å².